The average Bonchev–Trinajstić information content (AvgIpc) is 2.79. The number of nitrogens with zero attached hydrogens (tertiary/aromatic N) is 1. The summed E-state index contributed by atoms with van der Waals surface area (Å²) < 4.78 is 5.38. The van der Waals surface area contributed by atoms with Crippen molar-refractivity contribution in [3.63, 3.8) is 0 Å². The van der Waals surface area contributed by atoms with Crippen LogP contribution in [0, 0.1) is 5.41 Å². The highest BCUT2D eigenvalue weighted by Gasteiger charge is 2.18. The molecule has 0 aliphatic carbocycles. The summed E-state index contributed by atoms with van der Waals surface area (Å²) in [4.78, 5) is 27.3. The molecule has 0 radical (unpaired) electrons. The van der Waals surface area contributed by atoms with Crippen LogP contribution in [0.5, 0.6) is 5.75 Å². The molecule has 3 N–H and O–H groups in total. The molecule has 176 valence electrons. The third-order valence-corrected chi connectivity index (χ3v) is 5.38. The molecule has 0 saturated carbocycles. The molecular weight excluding hydrogens is 414 g/mol. The molecule has 0 spiro atoms. The maximum atomic E-state index is 13.0. The smallest absolute Gasteiger partial charge is 0.343 e. The second-order valence-corrected chi connectivity index (χ2v) is 8.43. The van der Waals surface area contributed by atoms with Crippen LogP contribution in [-0.2, 0) is 4.79 Å². The van der Waals surface area contributed by atoms with Gasteiger partial charge in [-0.25, -0.2) is 4.79 Å². The summed E-state index contributed by atoms with van der Waals surface area (Å²) in [6.45, 7) is 8.85. The van der Waals surface area contributed by atoms with E-state index in [0.29, 0.717) is 22.4 Å². The van der Waals surface area contributed by atoms with Crippen LogP contribution in [0.4, 0.5) is 0 Å². The van der Waals surface area contributed by atoms with Gasteiger partial charge < -0.3 is 15.4 Å². The van der Waals surface area contributed by atoms with Crippen LogP contribution in [-0.4, -0.2) is 35.2 Å². The van der Waals surface area contributed by atoms with Gasteiger partial charge in [0.05, 0.1) is 5.56 Å². The molecule has 0 aliphatic heterocycles. The van der Waals surface area contributed by atoms with Crippen LogP contribution in [0.15, 0.2) is 54.1 Å². The van der Waals surface area contributed by atoms with Gasteiger partial charge in [-0.15, -0.1) is 0 Å². The number of nitrogens with one attached hydrogen (secondary N) is 1. The Bertz CT molecular complexity index is 977. The van der Waals surface area contributed by atoms with Crippen LogP contribution in [0.2, 0.25) is 0 Å². The average molecular weight is 450 g/mol. The van der Waals surface area contributed by atoms with Gasteiger partial charge >= 0.3 is 5.97 Å². The summed E-state index contributed by atoms with van der Waals surface area (Å²) in [5, 5.41) is 7.41. The molecule has 1 amide bonds. The summed E-state index contributed by atoms with van der Waals surface area (Å²) in [6.07, 6.45) is 6.35. The quantitative estimate of drug-likeness (QED) is 0.120. The molecular formula is C27H35N3O3. The first-order chi connectivity index (χ1) is 15.7. The monoisotopic (exact) mass is 449 g/mol. The highest BCUT2D eigenvalue weighted by Crippen LogP contribution is 2.17. The van der Waals surface area contributed by atoms with Crippen LogP contribution < -0.4 is 10.5 Å². The number of amidine groups is 1. The lowest BCUT2D eigenvalue weighted by Gasteiger charge is -2.27. The van der Waals surface area contributed by atoms with Gasteiger partial charge in [-0.3, -0.25) is 10.2 Å². The van der Waals surface area contributed by atoms with Crippen LogP contribution in [0.1, 0.15) is 74.9 Å². The zero-order valence-electron chi connectivity index (χ0n) is 20.1. The highest BCUT2D eigenvalue weighted by atomic mass is 16.5. The van der Waals surface area contributed by atoms with Crippen LogP contribution in [0.3, 0.4) is 0 Å². The predicted molar refractivity (Wildman–Crippen MR) is 134 cm³/mol. The van der Waals surface area contributed by atoms with Crippen molar-refractivity contribution in [3.05, 3.63) is 70.8 Å². The van der Waals surface area contributed by atoms with E-state index in [4.69, 9.17) is 15.9 Å². The van der Waals surface area contributed by atoms with Crippen molar-refractivity contribution in [2.24, 2.45) is 5.73 Å². The van der Waals surface area contributed by atoms with Gasteiger partial charge in [0.1, 0.15) is 11.6 Å². The summed E-state index contributed by atoms with van der Waals surface area (Å²) >= 11 is 0. The van der Waals surface area contributed by atoms with Crippen molar-refractivity contribution in [3.8, 4) is 5.75 Å². The molecule has 0 heterocycles. The Kier molecular flexibility index (Phi) is 9.85. The first-order valence-corrected chi connectivity index (χ1v) is 11.5. The zero-order valence-corrected chi connectivity index (χ0v) is 20.1. The van der Waals surface area contributed by atoms with Crippen molar-refractivity contribution < 1.29 is 14.3 Å². The van der Waals surface area contributed by atoms with Crippen molar-refractivity contribution in [2.75, 3.05) is 6.54 Å². The molecule has 33 heavy (non-hydrogen) atoms. The lowest BCUT2D eigenvalue weighted by atomic mass is 10.1. The molecule has 0 saturated heterocycles. The largest absolute Gasteiger partial charge is 0.423 e. The van der Waals surface area contributed by atoms with Gasteiger partial charge in [0.25, 0.3) is 0 Å². The zero-order chi connectivity index (χ0) is 24.4. The van der Waals surface area contributed by atoms with E-state index in [1.165, 1.54) is 12.8 Å². The number of esters is 1. The number of carbonyl (C=O) groups is 2. The van der Waals surface area contributed by atoms with Gasteiger partial charge in [0.15, 0.2) is 0 Å². The normalized spacial score (nSPS) is 11.4. The second kappa shape index (κ2) is 12.6. The minimum Gasteiger partial charge on any atom is -0.423 e. The Morgan fingerprint density at radius 1 is 1.00 bits per heavy atom. The van der Waals surface area contributed by atoms with E-state index in [1.54, 1.807) is 48.5 Å². The Balaban J connectivity index is 2.02. The van der Waals surface area contributed by atoms with Crippen LogP contribution in [0.25, 0.3) is 6.08 Å². The maximum absolute atomic E-state index is 13.0. The van der Waals surface area contributed by atoms with Crippen molar-refractivity contribution in [2.45, 2.75) is 59.4 Å². The lowest BCUT2D eigenvalue weighted by molar-refractivity contribution is -0.128. The summed E-state index contributed by atoms with van der Waals surface area (Å²) in [6, 6.07) is 13.6. The highest BCUT2D eigenvalue weighted by molar-refractivity contribution is 5.98. The van der Waals surface area contributed by atoms with E-state index < -0.39 is 5.97 Å². The summed E-state index contributed by atoms with van der Waals surface area (Å²) in [7, 11) is 0. The SMILES string of the molecule is CCCCCCN(C(=O)/C(C)=C/c1ccc(C(=O)Oc2ccc(C(=N)N)cc2)cc1)C(C)C. The topological polar surface area (TPSA) is 96.5 Å². The van der Waals surface area contributed by atoms with Gasteiger partial charge in [-0.1, -0.05) is 38.3 Å². The predicted octanol–water partition coefficient (Wildman–Crippen LogP) is 5.41. The molecule has 6 heteroatoms. The molecule has 0 aliphatic rings. The number of hydrogen-bond donors (Lipinski definition) is 2. The van der Waals surface area contributed by atoms with Gasteiger partial charge in [-0.05, 0) is 75.2 Å². The molecule has 0 atom stereocenters. The van der Waals surface area contributed by atoms with Gasteiger partial charge in [0.2, 0.25) is 5.91 Å². The van der Waals surface area contributed by atoms with Gasteiger partial charge in [-0.2, -0.15) is 0 Å². The fraction of sp³-hybridized carbons (Fsp3) is 0.370. The Hall–Kier alpha value is -3.41. The summed E-state index contributed by atoms with van der Waals surface area (Å²) in [5.41, 5.74) is 7.92. The van der Waals surface area contributed by atoms with Crippen molar-refractivity contribution >= 4 is 23.8 Å². The Labute approximate surface area is 196 Å². The molecule has 0 fully saturated rings. The first-order valence-electron chi connectivity index (χ1n) is 11.5. The summed E-state index contributed by atoms with van der Waals surface area (Å²) in [5.74, 6) is -0.104. The van der Waals surface area contributed by atoms with E-state index in [1.807, 2.05) is 31.7 Å². The standard InChI is InChI=1S/C27H35N3O3/c1-5-6-7-8-17-30(19(2)3)26(31)20(4)18-21-9-11-23(12-10-21)27(32)33-24-15-13-22(14-16-24)25(28)29/h9-16,18-19H,5-8,17H2,1-4H3,(H3,28,29)/b20-18+. The van der Waals surface area contributed by atoms with E-state index >= 15 is 0 Å². The minimum atomic E-state index is -0.480. The third kappa shape index (κ3) is 7.90. The number of benzene rings is 2. The maximum Gasteiger partial charge on any atom is 0.343 e. The first kappa shape index (κ1) is 25.8. The second-order valence-electron chi connectivity index (χ2n) is 8.43. The number of unbranched alkanes of at least 4 members (excludes halogenated alkanes) is 3. The number of rotatable bonds is 11. The molecule has 0 bridgehead atoms. The number of nitrogens with two attached hydrogens (primary N) is 1. The van der Waals surface area contributed by atoms with Crippen molar-refractivity contribution in [1.82, 2.24) is 4.90 Å². The lowest BCUT2D eigenvalue weighted by Crippen LogP contribution is -2.38. The Morgan fingerprint density at radius 3 is 2.15 bits per heavy atom. The molecule has 6 nitrogen and oxygen atoms in total. The third-order valence-electron chi connectivity index (χ3n) is 5.38. The molecule has 2 aromatic carbocycles. The molecule has 0 aromatic heterocycles. The number of carbonyl (C=O) groups excluding carboxylic acids is 2. The number of amides is 1. The molecule has 2 aromatic rings. The Morgan fingerprint density at radius 2 is 1.61 bits per heavy atom. The number of ether oxygens (including phenoxy) is 1. The van der Waals surface area contributed by atoms with Crippen molar-refractivity contribution in [1.29, 1.82) is 5.41 Å². The fourth-order valence-corrected chi connectivity index (χ4v) is 3.43. The number of hydrogen-bond acceptors (Lipinski definition) is 4. The fourth-order valence-electron chi connectivity index (χ4n) is 3.43. The molecule has 2 rings (SSSR count). The van der Waals surface area contributed by atoms with E-state index in [0.717, 1.165) is 24.9 Å². The molecule has 0 unspecified atom stereocenters. The van der Waals surface area contributed by atoms with Crippen LogP contribution >= 0.6 is 0 Å². The van der Waals surface area contributed by atoms with E-state index in [2.05, 4.69) is 6.92 Å². The minimum absolute atomic E-state index is 0.0407. The van der Waals surface area contributed by atoms with Gasteiger partial charge in [0, 0.05) is 23.7 Å². The van der Waals surface area contributed by atoms with E-state index in [-0.39, 0.29) is 17.8 Å². The number of nitrogen functional groups attached to an aromatic ring is 1. The van der Waals surface area contributed by atoms with E-state index in [9.17, 15) is 9.59 Å².